The minimum absolute atomic E-state index is 0.104. The van der Waals surface area contributed by atoms with E-state index in [4.69, 9.17) is 0 Å². The molecule has 0 bridgehead atoms. The van der Waals surface area contributed by atoms with Gasteiger partial charge in [-0.05, 0) is 30.9 Å². The molecule has 0 N–H and O–H groups in total. The number of hydrogen-bond donors (Lipinski definition) is 0. The summed E-state index contributed by atoms with van der Waals surface area (Å²) in [7, 11) is 0. The van der Waals surface area contributed by atoms with Gasteiger partial charge < -0.3 is 0 Å². The van der Waals surface area contributed by atoms with Gasteiger partial charge in [-0.25, -0.2) is 0 Å². The molecule has 0 spiro atoms. The normalized spacial score (nSPS) is 20.0. The molecule has 0 saturated carbocycles. The molecule has 0 aromatic heterocycles. The monoisotopic (exact) mass is 152 g/mol. The van der Waals surface area contributed by atoms with Crippen LogP contribution in [0.15, 0.2) is 11.6 Å². The van der Waals surface area contributed by atoms with E-state index < -0.39 is 0 Å². The van der Waals surface area contributed by atoms with Gasteiger partial charge in [0, 0.05) is 6.42 Å². The summed E-state index contributed by atoms with van der Waals surface area (Å²) in [5.41, 5.74) is 0.662. The largest absolute Gasteiger partial charge is 0.298 e. The van der Waals surface area contributed by atoms with Crippen LogP contribution in [-0.2, 0) is 9.59 Å². The van der Waals surface area contributed by atoms with Gasteiger partial charge in [-0.2, -0.15) is 0 Å². The number of rotatable bonds is 1. The van der Waals surface area contributed by atoms with E-state index in [1.54, 1.807) is 0 Å². The first-order valence-corrected chi connectivity index (χ1v) is 4.01. The van der Waals surface area contributed by atoms with Gasteiger partial charge in [-0.15, -0.1) is 0 Å². The van der Waals surface area contributed by atoms with Gasteiger partial charge in [0.2, 0.25) is 0 Å². The van der Waals surface area contributed by atoms with Gasteiger partial charge in [0.25, 0.3) is 0 Å². The zero-order valence-electron chi connectivity index (χ0n) is 6.51. The molecular formula is C9H12O2. The molecule has 2 heteroatoms. The van der Waals surface area contributed by atoms with E-state index in [2.05, 4.69) is 0 Å². The molecule has 0 radical (unpaired) electrons. The molecule has 0 fully saturated rings. The number of aldehydes is 1. The Labute approximate surface area is 66.3 Å². The van der Waals surface area contributed by atoms with Crippen molar-refractivity contribution in [3.05, 3.63) is 11.6 Å². The van der Waals surface area contributed by atoms with Gasteiger partial charge in [0.15, 0.2) is 5.78 Å². The molecule has 2 nitrogen and oxygen atoms in total. The fourth-order valence-electron chi connectivity index (χ4n) is 1.25. The molecular weight excluding hydrogens is 140 g/mol. The second kappa shape index (κ2) is 4.06. The van der Waals surface area contributed by atoms with E-state index in [-0.39, 0.29) is 5.78 Å². The average molecular weight is 152 g/mol. The minimum atomic E-state index is 0.104. The molecule has 0 atom stereocenters. The Morgan fingerprint density at radius 3 is 2.64 bits per heavy atom. The first-order chi connectivity index (χ1) is 5.33. The predicted octanol–water partition coefficient (Wildman–Crippen LogP) is 1.64. The zero-order valence-corrected chi connectivity index (χ0v) is 6.51. The average Bonchev–Trinajstić information content (AvgIpc) is 1.96. The summed E-state index contributed by atoms with van der Waals surface area (Å²) in [6, 6.07) is 0. The van der Waals surface area contributed by atoms with Crippen molar-refractivity contribution < 1.29 is 9.59 Å². The highest BCUT2D eigenvalue weighted by Crippen LogP contribution is 2.13. The fourth-order valence-corrected chi connectivity index (χ4v) is 1.25. The highest BCUT2D eigenvalue weighted by Gasteiger charge is 2.05. The minimum Gasteiger partial charge on any atom is -0.298 e. The molecule has 0 heterocycles. The number of carbonyl (C=O) groups is 2. The van der Waals surface area contributed by atoms with Gasteiger partial charge in [0.1, 0.15) is 6.29 Å². The standard InChI is InChI=1S/C9H12O2/c10-7-8-4-2-1-3-5-9(11)6-8/h6-7H,1-5H2. The third-order valence-corrected chi connectivity index (χ3v) is 1.89. The molecule has 0 aliphatic heterocycles. The topological polar surface area (TPSA) is 34.1 Å². The van der Waals surface area contributed by atoms with E-state index in [9.17, 15) is 9.59 Å². The molecule has 0 saturated heterocycles. The van der Waals surface area contributed by atoms with Crippen molar-refractivity contribution in [1.82, 2.24) is 0 Å². The number of ketones is 1. The maximum atomic E-state index is 11.0. The van der Waals surface area contributed by atoms with Crippen molar-refractivity contribution in [1.29, 1.82) is 0 Å². The number of hydrogen-bond acceptors (Lipinski definition) is 2. The Hall–Kier alpha value is -0.920. The molecule has 60 valence electrons. The van der Waals surface area contributed by atoms with Crippen LogP contribution in [0.5, 0.6) is 0 Å². The SMILES string of the molecule is O=CC1=CC(=O)CCCCC1. The first-order valence-electron chi connectivity index (χ1n) is 4.01. The van der Waals surface area contributed by atoms with Crippen LogP contribution in [0, 0.1) is 0 Å². The quantitative estimate of drug-likeness (QED) is 0.535. The molecule has 0 unspecified atom stereocenters. The molecule has 0 aromatic rings. The Kier molecular flexibility index (Phi) is 3.02. The summed E-state index contributed by atoms with van der Waals surface area (Å²) in [4.78, 5) is 21.3. The maximum absolute atomic E-state index is 11.0. The molecule has 0 amide bonds. The lowest BCUT2D eigenvalue weighted by molar-refractivity contribution is -0.115. The maximum Gasteiger partial charge on any atom is 0.156 e. The van der Waals surface area contributed by atoms with Crippen LogP contribution in [0.2, 0.25) is 0 Å². The number of carbonyl (C=O) groups excluding carboxylic acids is 2. The lowest BCUT2D eigenvalue weighted by Gasteiger charge is -2.04. The van der Waals surface area contributed by atoms with E-state index in [0.29, 0.717) is 12.0 Å². The van der Waals surface area contributed by atoms with Crippen molar-refractivity contribution >= 4 is 12.1 Å². The van der Waals surface area contributed by atoms with Crippen molar-refractivity contribution in [3.63, 3.8) is 0 Å². The highest BCUT2D eigenvalue weighted by atomic mass is 16.1. The summed E-state index contributed by atoms with van der Waals surface area (Å²) in [5.74, 6) is 0.104. The Morgan fingerprint density at radius 2 is 1.91 bits per heavy atom. The van der Waals surface area contributed by atoms with Crippen molar-refractivity contribution in [3.8, 4) is 0 Å². The van der Waals surface area contributed by atoms with E-state index >= 15 is 0 Å². The smallest absolute Gasteiger partial charge is 0.156 e. The van der Waals surface area contributed by atoms with E-state index in [1.165, 1.54) is 6.08 Å². The van der Waals surface area contributed by atoms with E-state index in [1.807, 2.05) is 0 Å². The second-order valence-electron chi connectivity index (χ2n) is 2.86. The lowest BCUT2D eigenvalue weighted by Crippen LogP contribution is -2.00. The van der Waals surface area contributed by atoms with Crippen LogP contribution in [0.1, 0.15) is 32.1 Å². The summed E-state index contributed by atoms with van der Waals surface area (Å²) >= 11 is 0. The Balaban J connectivity index is 2.64. The van der Waals surface area contributed by atoms with Gasteiger partial charge in [-0.3, -0.25) is 9.59 Å². The van der Waals surface area contributed by atoms with Gasteiger partial charge >= 0.3 is 0 Å². The van der Waals surface area contributed by atoms with Crippen LogP contribution in [0.4, 0.5) is 0 Å². The number of allylic oxidation sites excluding steroid dienone is 2. The lowest BCUT2D eigenvalue weighted by atomic mass is 10.0. The summed E-state index contributed by atoms with van der Waals surface area (Å²) in [6.45, 7) is 0. The highest BCUT2D eigenvalue weighted by molar-refractivity contribution is 5.95. The van der Waals surface area contributed by atoms with Crippen LogP contribution in [-0.4, -0.2) is 12.1 Å². The van der Waals surface area contributed by atoms with Crippen LogP contribution in [0.25, 0.3) is 0 Å². The second-order valence-corrected chi connectivity index (χ2v) is 2.86. The van der Waals surface area contributed by atoms with Gasteiger partial charge in [-0.1, -0.05) is 6.42 Å². The Bertz CT molecular complexity index is 192. The van der Waals surface area contributed by atoms with Crippen molar-refractivity contribution in [2.75, 3.05) is 0 Å². The summed E-state index contributed by atoms with van der Waals surface area (Å²) in [6.07, 6.45) is 6.75. The third-order valence-electron chi connectivity index (χ3n) is 1.89. The van der Waals surface area contributed by atoms with Crippen LogP contribution >= 0.6 is 0 Å². The molecule has 1 rings (SSSR count). The fraction of sp³-hybridized carbons (Fsp3) is 0.556. The zero-order chi connectivity index (χ0) is 8.10. The van der Waals surface area contributed by atoms with Crippen molar-refractivity contribution in [2.45, 2.75) is 32.1 Å². The molecule has 0 aromatic carbocycles. The molecule has 11 heavy (non-hydrogen) atoms. The predicted molar refractivity (Wildman–Crippen MR) is 42.2 cm³/mol. The first kappa shape index (κ1) is 8.18. The van der Waals surface area contributed by atoms with Crippen molar-refractivity contribution in [2.24, 2.45) is 0 Å². The van der Waals surface area contributed by atoms with Crippen LogP contribution < -0.4 is 0 Å². The molecule has 1 aliphatic carbocycles. The summed E-state index contributed by atoms with van der Waals surface area (Å²) < 4.78 is 0. The third kappa shape index (κ3) is 2.66. The van der Waals surface area contributed by atoms with Gasteiger partial charge in [0.05, 0.1) is 0 Å². The van der Waals surface area contributed by atoms with E-state index in [0.717, 1.165) is 32.0 Å². The Morgan fingerprint density at radius 1 is 1.18 bits per heavy atom. The van der Waals surface area contributed by atoms with Crippen LogP contribution in [0.3, 0.4) is 0 Å². The summed E-state index contributed by atoms with van der Waals surface area (Å²) in [5, 5.41) is 0. The molecule has 1 aliphatic rings.